The fraction of sp³-hybridized carbons (Fsp3) is 0.167. The van der Waals surface area contributed by atoms with Gasteiger partial charge in [0.2, 0.25) is 11.9 Å². The van der Waals surface area contributed by atoms with E-state index in [-0.39, 0.29) is 5.56 Å². The molecule has 0 fully saturated rings. The van der Waals surface area contributed by atoms with Crippen molar-refractivity contribution >= 4 is 28.9 Å². The van der Waals surface area contributed by atoms with Crippen LogP contribution in [0.3, 0.4) is 0 Å². The molecule has 1 aliphatic heterocycles. The normalized spacial score (nSPS) is 15.9. The zero-order valence-corrected chi connectivity index (χ0v) is 14.7. The minimum absolute atomic E-state index is 0.119. The maximum Gasteiger partial charge on any atom is 0.257 e. The van der Waals surface area contributed by atoms with E-state index in [1.165, 1.54) is 11.6 Å². The van der Waals surface area contributed by atoms with Gasteiger partial charge in [0.25, 0.3) is 5.56 Å². The van der Waals surface area contributed by atoms with Crippen LogP contribution >= 0.6 is 11.3 Å². The highest BCUT2D eigenvalue weighted by molar-refractivity contribution is 7.10. The summed E-state index contributed by atoms with van der Waals surface area (Å²) in [5.41, 5.74) is 2.66. The predicted octanol–water partition coefficient (Wildman–Crippen LogP) is 3.36. The third-order valence-electron chi connectivity index (χ3n) is 3.92. The van der Waals surface area contributed by atoms with Crippen molar-refractivity contribution < 1.29 is 0 Å². The Kier molecular flexibility index (Phi) is 3.85. The lowest BCUT2D eigenvalue weighted by Gasteiger charge is -2.26. The zero-order valence-electron chi connectivity index (χ0n) is 13.9. The van der Waals surface area contributed by atoms with Gasteiger partial charge in [0.15, 0.2) is 6.17 Å². The smallest absolute Gasteiger partial charge is 0.257 e. The van der Waals surface area contributed by atoms with Gasteiger partial charge in [-0.3, -0.25) is 14.7 Å². The van der Waals surface area contributed by atoms with Crippen LogP contribution in [0, 0.1) is 13.8 Å². The summed E-state index contributed by atoms with van der Waals surface area (Å²) in [4.78, 5) is 22.7. The first-order valence-corrected chi connectivity index (χ1v) is 8.80. The molecular formula is C18H17N5OS. The number of hydrogen-bond donors (Lipinski definition) is 2. The van der Waals surface area contributed by atoms with Crippen molar-refractivity contribution in [3.05, 3.63) is 74.3 Å². The summed E-state index contributed by atoms with van der Waals surface area (Å²) in [6.07, 6.45) is -0.426. The highest BCUT2D eigenvalue weighted by Crippen LogP contribution is 2.28. The van der Waals surface area contributed by atoms with E-state index in [0.717, 1.165) is 10.6 Å². The van der Waals surface area contributed by atoms with Crippen LogP contribution in [0.1, 0.15) is 22.3 Å². The molecular weight excluding hydrogens is 334 g/mol. The number of aryl methyl sites for hydroxylation is 2. The predicted molar refractivity (Wildman–Crippen MR) is 102 cm³/mol. The number of fused-ring (bicyclic) bond motifs is 1. The van der Waals surface area contributed by atoms with Crippen molar-refractivity contribution in [3.63, 3.8) is 0 Å². The standard InChI is InChI=1S/C18H17N5OS/c1-11-5-7-13(8-6-11)20-17-21-16(14-4-3-9-25-14)23-15(24)10-12(2)19-18(23)22-17/h3-10,16H,1-2H3,(H2,19,20,21,22)/t16-/m0/s1. The molecule has 126 valence electrons. The van der Waals surface area contributed by atoms with E-state index < -0.39 is 6.17 Å². The Morgan fingerprint density at radius 1 is 1.20 bits per heavy atom. The van der Waals surface area contributed by atoms with Crippen molar-refractivity contribution in [2.24, 2.45) is 4.99 Å². The third kappa shape index (κ3) is 3.06. The van der Waals surface area contributed by atoms with Crippen LogP contribution < -0.4 is 16.2 Å². The molecule has 0 radical (unpaired) electrons. The molecule has 0 aliphatic carbocycles. The first-order valence-electron chi connectivity index (χ1n) is 7.92. The maximum atomic E-state index is 12.5. The lowest BCUT2D eigenvalue weighted by molar-refractivity contribution is 0.586. The van der Waals surface area contributed by atoms with Gasteiger partial charge in [-0.2, -0.15) is 0 Å². The molecule has 7 heteroatoms. The lowest BCUT2D eigenvalue weighted by Crippen LogP contribution is -2.37. The average molecular weight is 351 g/mol. The van der Waals surface area contributed by atoms with E-state index >= 15 is 0 Å². The van der Waals surface area contributed by atoms with E-state index in [4.69, 9.17) is 4.99 Å². The van der Waals surface area contributed by atoms with Crippen LogP contribution in [0.4, 0.5) is 11.6 Å². The Balaban J connectivity index is 1.76. The molecule has 3 aromatic rings. The Bertz CT molecular complexity index is 989. The van der Waals surface area contributed by atoms with Crippen LogP contribution in [0.5, 0.6) is 0 Å². The first kappa shape index (κ1) is 15.6. The minimum atomic E-state index is -0.426. The number of benzene rings is 1. The van der Waals surface area contributed by atoms with E-state index in [1.807, 2.05) is 55.6 Å². The van der Waals surface area contributed by atoms with Gasteiger partial charge in [-0.1, -0.05) is 23.8 Å². The van der Waals surface area contributed by atoms with Crippen LogP contribution in [0.15, 0.2) is 57.6 Å². The second kappa shape index (κ2) is 6.18. The number of anilines is 2. The fourth-order valence-electron chi connectivity index (χ4n) is 2.71. The minimum Gasteiger partial charge on any atom is -0.326 e. The Labute approximate surface area is 148 Å². The van der Waals surface area contributed by atoms with Crippen LogP contribution in [-0.2, 0) is 0 Å². The summed E-state index contributed by atoms with van der Waals surface area (Å²) < 4.78 is 1.58. The Morgan fingerprint density at radius 3 is 2.72 bits per heavy atom. The summed E-state index contributed by atoms with van der Waals surface area (Å²) in [5.74, 6) is 1.06. The molecule has 1 aromatic carbocycles. The van der Waals surface area contributed by atoms with E-state index in [2.05, 4.69) is 15.6 Å². The van der Waals surface area contributed by atoms with E-state index in [1.54, 1.807) is 15.9 Å². The first-order chi connectivity index (χ1) is 12.1. The van der Waals surface area contributed by atoms with Gasteiger partial charge >= 0.3 is 0 Å². The molecule has 2 aromatic heterocycles. The molecule has 2 N–H and O–H groups in total. The number of aromatic nitrogens is 2. The molecule has 3 heterocycles. The number of nitrogens with one attached hydrogen (secondary N) is 2. The molecule has 0 bridgehead atoms. The van der Waals surface area contributed by atoms with E-state index in [0.29, 0.717) is 17.6 Å². The number of guanidine groups is 1. The number of nitrogens with zero attached hydrogens (tertiary/aromatic N) is 3. The quantitative estimate of drug-likeness (QED) is 0.743. The summed E-state index contributed by atoms with van der Waals surface area (Å²) in [5, 5.41) is 8.38. The Morgan fingerprint density at radius 2 is 2.00 bits per heavy atom. The molecule has 1 atom stereocenters. The summed E-state index contributed by atoms with van der Waals surface area (Å²) in [6, 6.07) is 13.5. The summed E-state index contributed by atoms with van der Waals surface area (Å²) in [6.45, 7) is 3.85. The highest BCUT2D eigenvalue weighted by atomic mass is 32.1. The Hall–Kier alpha value is -2.93. The molecule has 0 amide bonds. The van der Waals surface area contributed by atoms with Crippen molar-refractivity contribution in [2.45, 2.75) is 20.0 Å². The lowest BCUT2D eigenvalue weighted by atomic mass is 10.2. The van der Waals surface area contributed by atoms with Gasteiger partial charge in [0.1, 0.15) is 0 Å². The number of hydrogen-bond acceptors (Lipinski definition) is 6. The third-order valence-corrected chi connectivity index (χ3v) is 4.83. The van der Waals surface area contributed by atoms with Gasteiger partial charge in [-0.15, -0.1) is 11.3 Å². The van der Waals surface area contributed by atoms with E-state index in [9.17, 15) is 4.79 Å². The van der Waals surface area contributed by atoms with Crippen LogP contribution in [0.25, 0.3) is 0 Å². The van der Waals surface area contributed by atoms with Crippen molar-refractivity contribution in [2.75, 3.05) is 10.6 Å². The second-order valence-corrected chi connectivity index (χ2v) is 6.89. The molecule has 0 spiro atoms. The second-order valence-electron chi connectivity index (χ2n) is 5.91. The molecule has 4 rings (SSSR count). The number of thiophene rings is 1. The highest BCUT2D eigenvalue weighted by Gasteiger charge is 2.25. The monoisotopic (exact) mass is 351 g/mol. The average Bonchev–Trinajstić information content (AvgIpc) is 3.10. The van der Waals surface area contributed by atoms with Gasteiger partial charge in [0, 0.05) is 22.3 Å². The van der Waals surface area contributed by atoms with Crippen LogP contribution in [-0.4, -0.2) is 15.5 Å². The molecule has 1 aliphatic rings. The summed E-state index contributed by atoms with van der Waals surface area (Å²) >= 11 is 1.57. The molecule has 0 unspecified atom stereocenters. The SMILES string of the molecule is Cc1ccc(NC2=N[C@H](c3cccs3)n3c(nc(C)cc3=O)N2)cc1. The van der Waals surface area contributed by atoms with Crippen molar-refractivity contribution in [1.82, 2.24) is 9.55 Å². The topological polar surface area (TPSA) is 71.3 Å². The number of rotatable bonds is 2. The largest absolute Gasteiger partial charge is 0.326 e. The molecule has 6 nitrogen and oxygen atoms in total. The zero-order chi connectivity index (χ0) is 17.4. The fourth-order valence-corrected chi connectivity index (χ4v) is 3.47. The van der Waals surface area contributed by atoms with Crippen molar-refractivity contribution in [3.8, 4) is 0 Å². The van der Waals surface area contributed by atoms with Gasteiger partial charge < -0.3 is 5.32 Å². The summed E-state index contributed by atoms with van der Waals surface area (Å²) in [7, 11) is 0. The number of aliphatic imine (C=N–C) groups is 1. The van der Waals surface area contributed by atoms with Crippen molar-refractivity contribution in [1.29, 1.82) is 0 Å². The van der Waals surface area contributed by atoms with Crippen LogP contribution in [0.2, 0.25) is 0 Å². The van der Waals surface area contributed by atoms with Gasteiger partial charge in [-0.25, -0.2) is 9.98 Å². The molecule has 0 saturated carbocycles. The molecule has 25 heavy (non-hydrogen) atoms. The van der Waals surface area contributed by atoms with Gasteiger partial charge in [0.05, 0.1) is 0 Å². The molecule has 0 saturated heterocycles. The van der Waals surface area contributed by atoms with Gasteiger partial charge in [-0.05, 0) is 37.4 Å². The maximum absolute atomic E-state index is 12.5.